The Morgan fingerprint density at radius 3 is 2.48 bits per heavy atom. The zero-order chi connectivity index (χ0) is 15.2. The lowest BCUT2D eigenvalue weighted by molar-refractivity contribution is 0.0467. The molecule has 0 atom stereocenters. The average Bonchev–Trinajstić information content (AvgIpc) is 2.49. The van der Waals surface area contributed by atoms with Crippen molar-refractivity contribution in [3.63, 3.8) is 0 Å². The second kappa shape index (κ2) is 7.35. The maximum atomic E-state index is 12.2. The summed E-state index contributed by atoms with van der Waals surface area (Å²) in [6, 6.07) is 4.67. The summed E-state index contributed by atoms with van der Waals surface area (Å²) < 4.78 is 26.2. The van der Waals surface area contributed by atoms with E-state index in [-0.39, 0.29) is 19.0 Å². The molecule has 1 aromatic heterocycles. The first-order valence-corrected chi connectivity index (χ1v) is 7.31. The van der Waals surface area contributed by atoms with Crippen molar-refractivity contribution in [2.75, 3.05) is 34.1 Å². The maximum absolute atomic E-state index is 12.2. The lowest BCUT2D eigenvalue weighted by Gasteiger charge is -2.11. The van der Waals surface area contributed by atoms with Crippen molar-refractivity contribution < 1.29 is 23.4 Å². The summed E-state index contributed by atoms with van der Waals surface area (Å²) >= 11 is 1.35. The predicted octanol–water partition coefficient (Wildman–Crippen LogP) is 2.48. The minimum absolute atomic E-state index is 0.0204. The largest absolute Gasteiger partial charge is 0.467 e. The molecular formula is C14H16O6S. The van der Waals surface area contributed by atoms with E-state index in [0.29, 0.717) is 27.6 Å². The summed E-state index contributed by atoms with van der Waals surface area (Å²) in [5, 5.41) is 0.878. The third-order valence-corrected chi connectivity index (χ3v) is 3.23. The number of hydrogen-bond acceptors (Lipinski definition) is 7. The molecule has 0 amide bonds. The van der Waals surface area contributed by atoms with Gasteiger partial charge in [-0.15, -0.1) is 0 Å². The van der Waals surface area contributed by atoms with Crippen molar-refractivity contribution >= 4 is 22.7 Å². The number of fused-ring (bicyclic) bond motifs is 1. The molecule has 2 rings (SSSR count). The summed E-state index contributed by atoms with van der Waals surface area (Å²) in [6.45, 7) is 0.105. The predicted molar refractivity (Wildman–Crippen MR) is 79.3 cm³/mol. The van der Waals surface area contributed by atoms with E-state index in [2.05, 4.69) is 0 Å². The van der Waals surface area contributed by atoms with E-state index in [1.54, 1.807) is 12.1 Å². The van der Waals surface area contributed by atoms with Crippen molar-refractivity contribution in [2.24, 2.45) is 0 Å². The number of benzene rings is 1. The summed E-state index contributed by atoms with van der Waals surface area (Å²) in [5.41, 5.74) is 0.219. The van der Waals surface area contributed by atoms with Gasteiger partial charge in [0.25, 0.3) is 0 Å². The fourth-order valence-corrected chi connectivity index (χ4v) is 2.15. The highest BCUT2D eigenvalue weighted by molar-refractivity contribution is 7.98. The van der Waals surface area contributed by atoms with Crippen molar-refractivity contribution in [3.8, 4) is 11.5 Å². The summed E-state index contributed by atoms with van der Waals surface area (Å²) in [5.74, 6) is 0.832. The molecule has 6 nitrogen and oxygen atoms in total. The lowest BCUT2D eigenvalue weighted by Crippen LogP contribution is -2.07. The molecule has 114 valence electrons. The van der Waals surface area contributed by atoms with Gasteiger partial charge in [0.2, 0.25) is 0 Å². The molecule has 0 aliphatic heterocycles. The fourth-order valence-electron chi connectivity index (χ4n) is 1.75. The van der Waals surface area contributed by atoms with Crippen LogP contribution < -0.4 is 14.9 Å². The molecule has 0 N–H and O–H groups in total. The number of methoxy groups -OCH3 is 2. The van der Waals surface area contributed by atoms with E-state index in [4.69, 9.17) is 23.4 Å². The van der Waals surface area contributed by atoms with Gasteiger partial charge in [-0.3, -0.25) is 4.79 Å². The SMILES string of the molecule is COCOc1cc(OCOC)c2c(=O)cc(SC)oc2c1. The smallest absolute Gasteiger partial charge is 0.197 e. The minimum Gasteiger partial charge on any atom is -0.467 e. The van der Waals surface area contributed by atoms with E-state index in [1.165, 1.54) is 32.0 Å². The number of ether oxygens (including phenoxy) is 4. The molecule has 2 aromatic rings. The van der Waals surface area contributed by atoms with Crippen LogP contribution in [0.15, 0.2) is 32.5 Å². The topological polar surface area (TPSA) is 67.1 Å². The Bertz CT molecular complexity index is 666. The van der Waals surface area contributed by atoms with Gasteiger partial charge in [-0.1, -0.05) is 11.8 Å². The van der Waals surface area contributed by atoms with E-state index in [0.717, 1.165) is 0 Å². The van der Waals surface area contributed by atoms with Crippen LogP contribution in [-0.2, 0) is 9.47 Å². The van der Waals surface area contributed by atoms with Crippen LogP contribution in [-0.4, -0.2) is 34.1 Å². The second-order valence-electron chi connectivity index (χ2n) is 4.03. The van der Waals surface area contributed by atoms with Crippen LogP contribution in [0.1, 0.15) is 0 Å². The van der Waals surface area contributed by atoms with Crippen LogP contribution >= 0.6 is 11.8 Å². The van der Waals surface area contributed by atoms with Gasteiger partial charge in [0.15, 0.2) is 24.1 Å². The van der Waals surface area contributed by atoms with E-state index < -0.39 is 0 Å². The molecule has 21 heavy (non-hydrogen) atoms. The number of thioether (sulfide) groups is 1. The molecule has 0 saturated heterocycles. The van der Waals surface area contributed by atoms with Crippen LogP contribution in [0.25, 0.3) is 11.0 Å². The lowest BCUT2D eigenvalue weighted by atomic mass is 10.2. The van der Waals surface area contributed by atoms with Gasteiger partial charge in [-0.05, 0) is 6.26 Å². The van der Waals surface area contributed by atoms with Crippen LogP contribution in [0.5, 0.6) is 11.5 Å². The second-order valence-corrected chi connectivity index (χ2v) is 4.84. The molecular weight excluding hydrogens is 296 g/mol. The molecule has 0 aliphatic rings. The standard InChI is InChI=1S/C14H16O6S/c1-16-7-18-9-4-11(19-8-17-2)14-10(15)6-13(21-3)20-12(14)5-9/h4-6H,7-8H2,1-3H3. The molecule has 0 spiro atoms. The van der Waals surface area contributed by atoms with E-state index >= 15 is 0 Å². The minimum atomic E-state index is -0.176. The highest BCUT2D eigenvalue weighted by atomic mass is 32.2. The summed E-state index contributed by atoms with van der Waals surface area (Å²) in [6.07, 6.45) is 1.83. The fraction of sp³-hybridized carbons (Fsp3) is 0.357. The maximum Gasteiger partial charge on any atom is 0.197 e. The Labute approximate surface area is 125 Å². The first-order chi connectivity index (χ1) is 10.2. The molecule has 0 aliphatic carbocycles. The molecule has 7 heteroatoms. The first-order valence-electron chi connectivity index (χ1n) is 6.09. The third kappa shape index (κ3) is 3.69. The van der Waals surface area contributed by atoms with E-state index in [1.807, 2.05) is 6.26 Å². The Balaban J connectivity index is 2.56. The van der Waals surface area contributed by atoms with Gasteiger partial charge in [0.1, 0.15) is 22.5 Å². The average molecular weight is 312 g/mol. The molecule has 0 saturated carbocycles. The van der Waals surface area contributed by atoms with Gasteiger partial charge in [-0.25, -0.2) is 0 Å². The highest BCUT2D eigenvalue weighted by Gasteiger charge is 2.13. The molecule has 0 radical (unpaired) electrons. The van der Waals surface area contributed by atoms with Gasteiger partial charge in [-0.2, -0.15) is 0 Å². The van der Waals surface area contributed by atoms with Crippen LogP contribution in [0.3, 0.4) is 0 Å². The van der Waals surface area contributed by atoms with Crippen LogP contribution in [0, 0.1) is 0 Å². The number of hydrogen-bond donors (Lipinski definition) is 0. The zero-order valence-corrected chi connectivity index (χ0v) is 12.8. The Kier molecular flexibility index (Phi) is 5.49. The Morgan fingerprint density at radius 1 is 1.10 bits per heavy atom. The van der Waals surface area contributed by atoms with Crippen LogP contribution in [0.4, 0.5) is 0 Å². The van der Waals surface area contributed by atoms with Crippen molar-refractivity contribution in [1.82, 2.24) is 0 Å². The van der Waals surface area contributed by atoms with Gasteiger partial charge >= 0.3 is 0 Å². The molecule has 0 fully saturated rings. The normalized spacial score (nSPS) is 10.8. The van der Waals surface area contributed by atoms with E-state index in [9.17, 15) is 4.79 Å². The first kappa shape index (κ1) is 15.7. The molecule has 0 unspecified atom stereocenters. The van der Waals surface area contributed by atoms with Crippen molar-refractivity contribution in [2.45, 2.75) is 5.09 Å². The Morgan fingerprint density at radius 2 is 1.81 bits per heavy atom. The molecule has 1 heterocycles. The molecule has 1 aromatic carbocycles. The monoisotopic (exact) mass is 312 g/mol. The number of rotatable bonds is 7. The van der Waals surface area contributed by atoms with Gasteiger partial charge in [0.05, 0.1) is 0 Å². The summed E-state index contributed by atoms with van der Waals surface area (Å²) in [7, 11) is 3.02. The highest BCUT2D eigenvalue weighted by Crippen LogP contribution is 2.31. The van der Waals surface area contributed by atoms with Crippen LogP contribution in [0.2, 0.25) is 0 Å². The quantitative estimate of drug-likeness (QED) is 0.574. The summed E-state index contributed by atoms with van der Waals surface area (Å²) in [4.78, 5) is 12.2. The van der Waals surface area contributed by atoms with Gasteiger partial charge < -0.3 is 23.4 Å². The Hall–Kier alpha value is -1.70. The van der Waals surface area contributed by atoms with Crippen molar-refractivity contribution in [3.05, 3.63) is 28.4 Å². The zero-order valence-electron chi connectivity index (χ0n) is 12.0. The van der Waals surface area contributed by atoms with Gasteiger partial charge in [0, 0.05) is 32.4 Å². The third-order valence-electron chi connectivity index (χ3n) is 2.62. The van der Waals surface area contributed by atoms with Crippen molar-refractivity contribution in [1.29, 1.82) is 0 Å². The molecule has 0 bridgehead atoms.